The fourth-order valence-electron chi connectivity index (χ4n) is 2.06. The summed E-state index contributed by atoms with van der Waals surface area (Å²) in [5.74, 6) is 0.888. The van der Waals surface area contributed by atoms with Crippen molar-refractivity contribution < 1.29 is 9.52 Å². The smallest absolute Gasteiger partial charge is 0.117 e. The Morgan fingerprint density at radius 2 is 2.05 bits per heavy atom. The van der Waals surface area contributed by atoms with E-state index in [9.17, 15) is 5.11 Å². The number of nitriles is 1. The number of nitrogens with zero attached hydrogens (tertiary/aromatic N) is 2. The Morgan fingerprint density at radius 1 is 1.30 bits per heavy atom. The minimum absolute atomic E-state index is 0.531. The van der Waals surface area contributed by atoms with Crippen LogP contribution in [0.4, 0.5) is 0 Å². The average Bonchev–Trinajstić information content (AvgIpc) is 2.99. The summed E-state index contributed by atoms with van der Waals surface area (Å²) in [7, 11) is 0. The van der Waals surface area contributed by atoms with Crippen LogP contribution in [0.15, 0.2) is 47.1 Å². The third-order valence-corrected chi connectivity index (χ3v) is 3.26. The summed E-state index contributed by atoms with van der Waals surface area (Å²) in [6.07, 6.45) is 1.08. The van der Waals surface area contributed by atoms with Crippen LogP contribution in [0, 0.1) is 11.3 Å². The van der Waals surface area contributed by atoms with Gasteiger partial charge in [0, 0.05) is 6.54 Å². The Labute approximate surface area is 118 Å². The van der Waals surface area contributed by atoms with E-state index in [4.69, 9.17) is 9.68 Å². The molecule has 0 amide bonds. The fourth-order valence-corrected chi connectivity index (χ4v) is 2.06. The van der Waals surface area contributed by atoms with Crippen molar-refractivity contribution in [2.24, 2.45) is 0 Å². The molecule has 1 heterocycles. The molecule has 2 aromatic rings. The maximum absolute atomic E-state index is 10.3. The van der Waals surface area contributed by atoms with Crippen molar-refractivity contribution in [3.8, 4) is 6.07 Å². The highest BCUT2D eigenvalue weighted by Gasteiger charge is 2.13. The van der Waals surface area contributed by atoms with Gasteiger partial charge in [0.15, 0.2) is 0 Å². The molecule has 1 atom stereocenters. The lowest BCUT2D eigenvalue weighted by Gasteiger charge is -2.22. The van der Waals surface area contributed by atoms with E-state index in [1.807, 2.05) is 12.1 Å². The molecule has 20 heavy (non-hydrogen) atoms. The maximum atomic E-state index is 10.3. The van der Waals surface area contributed by atoms with Gasteiger partial charge in [-0.15, -0.1) is 0 Å². The molecule has 0 aliphatic rings. The van der Waals surface area contributed by atoms with E-state index in [2.05, 4.69) is 17.9 Å². The second-order valence-corrected chi connectivity index (χ2v) is 4.66. The van der Waals surface area contributed by atoms with Crippen LogP contribution in [0.2, 0.25) is 0 Å². The van der Waals surface area contributed by atoms with Gasteiger partial charge in [-0.05, 0) is 36.4 Å². The molecular formula is C16H18N2O2. The number of aliphatic hydroxyl groups is 1. The van der Waals surface area contributed by atoms with E-state index in [0.29, 0.717) is 18.7 Å². The van der Waals surface area contributed by atoms with Crippen LogP contribution in [0.5, 0.6) is 0 Å². The maximum Gasteiger partial charge on any atom is 0.117 e. The summed E-state index contributed by atoms with van der Waals surface area (Å²) in [6, 6.07) is 12.9. The lowest BCUT2D eigenvalue weighted by atomic mass is 10.1. The number of hydrogen-bond acceptors (Lipinski definition) is 4. The molecule has 1 aromatic heterocycles. The largest absolute Gasteiger partial charge is 0.468 e. The van der Waals surface area contributed by atoms with Gasteiger partial charge in [-0.1, -0.05) is 19.1 Å². The van der Waals surface area contributed by atoms with E-state index >= 15 is 0 Å². The topological polar surface area (TPSA) is 60.4 Å². The van der Waals surface area contributed by atoms with E-state index in [1.165, 1.54) is 0 Å². The van der Waals surface area contributed by atoms with Crippen molar-refractivity contribution >= 4 is 0 Å². The molecule has 1 N–H and O–H groups in total. The normalized spacial score (nSPS) is 12.3. The number of furan rings is 1. The lowest BCUT2D eigenvalue weighted by Crippen LogP contribution is -2.28. The third-order valence-electron chi connectivity index (χ3n) is 3.26. The summed E-state index contributed by atoms with van der Waals surface area (Å²) in [4.78, 5) is 2.11. The molecule has 2 rings (SSSR count). The number of rotatable bonds is 6. The van der Waals surface area contributed by atoms with Crippen LogP contribution >= 0.6 is 0 Å². The van der Waals surface area contributed by atoms with Crippen molar-refractivity contribution in [2.45, 2.75) is 19.6 Å². The number of aliphatic hydroxyl groups excluding tert-OH is 1. The van der Waals surface area contributed by atoms with Gasteiger partial charge >= 0.3 is 0 Å². The van der Waals surface area contributed by atoms with Crippen molar-refractivity contribution in [1.29, 1.82) is 5.26 Å². The molecule has 0 bridgehead atoms. The quantitative estimate of drug-likeness (QED) is 0.876. The van der Waals surface area contributed by atoms with Crippen LogP contribution < -0.4 is 0 Å². The zero-order valence-corrected chi connectivity index (χ0v) is 11.5. The highest BCUT2D eigenvalue weighted by molar-refractivity contribution is 5.32. The molecule has 0 saturated carbocycles. The first-order valence-corrected chi connectivity index (χ1v) is 6.65. The molecule has 0 fully saturated rings. The van der Waals surface area contributed by atoms with Gasteiger partial charge in [-0.2, -0.15) is 5.26 Å². The molecule has 0 aliphatic heterocycles. The average molecular weight is 270 g/mol. The SMILES string of the molecule is CCN(Cc1ccco1)CC(O)c1ccc(C#N)cc1. The number of hydrogen-bond donors (Lipinski definition) is 1. The van der Waals surface area contributed by atoms with E-state index in [0.717, 1.165) is 17.9 Å². The molecule has 0 spiro atoms. The van der Waals surface area contributed by atoms with Crippen LogP contribution in [-0.4, -0.2) is 23.1 Å². The van der Waals surface area contributed by atoms with Gasteiger partial charge in [0.25, 0.3) is 0 Å². The molecule has 1 aromatic carbocycles. The summed E-state index contributed by atoms with van der Waals surface area (Å²) in [6.45, 7) is 4.09. The van der Waals surface area contributed by atoms with Crippen molar-refractivity contribution in [3.05, 3.63) is 59.5 Å². The number of likely N-dealkylation sites (N-methyl/N-ethyl adjacent to an activating group) is 1. The van der Waals surface area contributed by atoms with Crippen molar-refractivity contribution in [2.75, 3.05) is 13.1 Å². The Morgan fingerprint density at radius 3 is 2.60 bits per heavy atom. The second kappa shape index (κ2) is 6.90. The fraction of sp³-hybridized carbons (Fsp3) is 0.312. The molecule has 4 nitrogen and oxygen atoms in total. The summed E-state index contributed by atoms with van der Waals surface area (Å²) in [5, 5.41) is 19.0. The zero-order valence-electron chi connectivity index (χ0n) is 11.5. The molecule has 0 saturated heterocycles. The second-order valence-electron chi connectivity index (χ2n) is 4.66. The highest BCUT2D eigenvalue weighted by atomic mass is 16.3. The highest BCUT2D eigenvalue weighted by Crippen LogP contribution is 2.16. The van der Waals surface area contributed by atoms with Crippen LogP contribution in [0.3, 0.4) is 0 Å². The summed E-state index contributed by atoms with van der Waals surface area (Å²) < 4.78 is 5.32. The molecule has 104 valence electrons. The lowest BCUT2D eigenvalue weighted by molar-refractivity contribution is 0.108. The predicted octanol–water partition coefficient (Wildman–Crippen LogP) is 2.71. The first-order valence-electron chi connectivity index (χ1n) is 6.65. The minimum atomic E-state index is -0.572. The summed E-state index contributed by atoms with van der Waals surface area (Å²) >= 11 is 0. The van der Waals surface area contributed by atoms with Crippen LogP contribution in [-0.2, 0) is 6.54 Å². The first kappa shape index (κ1) is 14.3. The van der Waals surface area contributed by atoms with Crippen molar-refractivity contribution in [1.82, 2.24) is 4.90 Å². The molecule has 4 heteroatoms. The van der Waals surface area contributed by atoms with Gasteiger partial charge in [0.05, 0.1) is 30.5 Å². The van der Waals surface area contributed by atoms with Gasteiger partial charge < -0.3 is 9.52 Å². The molecule has 0 radical (unpaired) electrons. The van der Waals surface area contributed by atoms with Gasteiger partial charge in [-0.25, -0.2) is 0 Å². The monoisotopic (exact) mass is 270 g/mol. The third kappa shape index (κ3) is 3.70. The summed E-state index contributed by atoms with van der Waals surface area (Å²) in [5.41, 5.74) is 1.42. The van der Waals surface area contributed by atoms with Crippen LogP contribution in [0.1, 0.15) is 29.9 Å². The Hall–Kier alpha value is -2.09. The zero-order chi connectivity index (χ0) is 14.4. The van der Waals surface area contributed by atoms with Gasteiger partial charge in [0.2, 0.25) is 0 Å². The Balaban J connectivity index is 1.97. The molecular weight excluding hydrogens is 252 g/mol. The molecule has 1 unspecified atom stereocenters. The van der Waals surface area contributed by atoms with E-state index < -0.39 is 6.10 Å². The van der Waals surface area contributed by atoms with E-state index in [-0.39, 0.29) is 0 Å². The first-order chi connectivity index (χ1) is 9.72. The van der Waals surface area contributed by atoms with Crippen LogP contribution in [0.25, 0.3) is 0 Å². The minimum Gasteiger partial charge on any atom is -0.468 e. The molecule has 0 aliphatic carbocycles. The standard InChI is InChI=1S/C16H18N2O2/c1-2-18(11-15-4-3-9-20-15)12-16(19)14-7-5-13(10-17)6-8-14/h3-9,16,19H,2,11-12H2,1H3. The number of benzene rings is 1. The van der Waals surface area contributed by atoms with E-state index in [1.54, 1.807) is 30.5 Å². The van der Waals surface area contributed by atoms with Crippen molar-refractivity contribution in [3.63, 3.8) is 0 Å². The van der Waals surface area contributed by atoms with Gasteiger partial charge in [-0.3, -0.25) is 4.90 Å². The Kier molecular flexibility index (Phi) is 4.94. The van der Waals surface area contributed by atoms with Gasteiger partial charge in [0.1, 0.15) is 5.76 Å². The predicted molar refractivity (Wildman–Crippen MR) is 75.8 cm³/mol. The Bertz CT molecular complexity index is 555.